The van der Waals surface area contributed by atoms with Gasteiger partial charge in [0.15, 0.2) is 13.2 Å². The Kier molecular flexibility index (Phi) is 9.78. The van der Waals surface area contributed by atoms with Crippen molar-refractivity contribution in [1.82, 2.24) is 0 Å². The molecular weight excluding hydrogens is 472 g/mol. The molecule has 0 fully saturated rings. The minimum absolute atomic E-state index is 0.0181. The number of carbonyl (C=O) groups is 4. The monoisotopic (exact) mass is 490 g/mol. The standard InChI is InChI=1S/C21H18N2O12/c24-18(12-34-20(26)14-2-6-16(7-3-14)22(28)29)32-10-1-11-33-19(25)13-35-21(27)15-4-8-17(9-5-15)23(30)31/h2-9H,1,10-13H2. The van der Waals surface area contributed by atoms with Gasteiger partial charge in [0.25, 0.3) is 11.4 Å². The number of hydrogen-bond acceptors (Lipinski definition) is 12. The molecule has 0 N–H and O–H groups in total. The molecular formula is C21H18N2O12. The summed E-state index contributed by atoms with van der Waals surface area (Å²) in [7, 11) is 0. The topological polar surface area (TPSA) is 191 Å². The van der Waals surface area contributed by atoms with Crippen LogP contribution in [0.4, 0.5) is 11.4 Å². The van der Waals surface area contributed by atoms with Crippen LogP contribution in [0.25, 0.3) is 0 Å². The van der Waals surface area contributed by atoms with Crippen LogP contribution in [-0.4, -0.2) is 60.2 Å². The fourth-order valence-corrected chi connectivity index (χ4v) is 2.37. The third kappa shape index (κ3) is 8.88. The largest absolute Gasteiger partial charge is 0.463 e. The van der Waals surface area contributed by atoms with Gasteiger partial charge in [-0.05, 0) is 24.3 Å². The summed E-state index contributed by atoms with van der Waals surface area (Å²) in [6.07, 6.45) is 0.115. The molecule has 35 heavy (non-hydrogen) atoms. The van der Waals surface area contributed by atoms with Gasteiger partial charge < -0.3 is 18.9 Å². The number of non-ortho nitro benzene ring substituents is 2. The van der Waals surface area contributed by atoms with Crippen LogP contribution in [-0.2, 0) is 28.5 Å². The number of ether oxygens (including phenoxy) is 4. The predicted molar refractivity (Wildman–Crippen MR) is 113 cm³/mol. The molecule has 14 nitrogen and oxygen atoms in total. The smallest absolute Gasteiger partial charge is 0.344 e. The predicted octanol–water partition coefficient (Wildman–Crippen LogP) is 1.99. The number of carbonyl (C=O) groups excluding carboxylic acids is 4. The highest BCUT2D eigenvalue weighted by atomic mass is 16.6. The van der Waals surface area contributed by atoms with E-state index in [0.29, 0.717) is 0 Å². The maximum absolute atomic E-state index is 11.8. The molecule has 0 saturated carbocycles. The second-order valence-corrected chi connectivity index (χ2v) is 6.55. The first-order valence-corrected chi connectivity index (χ1v) is 9.82. The second-order valence-electron chi connectivity index (χ2n) is 6.55. The molecule has 0 spiro atoms. The van der Waals surface area contributed by atoms with Gasteiger partial charge in [-0.25, -0.2) is 19.2 Å². The number of esters is 4. The van der Waals surface area contributed by atoms with Crippen LogP contribution in [0.2, 0.25) is 0 Å². The van der Waals surface area contributed by atoms with Crippen molar-refractivity contribution >= 4 is 35.3 Å². The molecule has 184 valence electrons. The number of rotatable bonds is 12. The van der Waals surface area contributed by atoms with Crippen molar-refractivity contribution < 1.29 is 48.0 Å². The summed E-state index contributed by atoms with van der Waals surface area (Å²) in [5.41, 5.74) is -0.372. The molecule has 2 aromatic rings. The Morgan fingerprint density at radius 3 is 1.26 bits per heavy atom. The minimum atomic E-state index is -0.867. The van der Waals surface area contributed by atoms with Gasteiger partial charge in [0.2, 0.25) is 0 Å². The van der Waals surface area contributed by atoms with Gasteiger partial charge >= 0.3 is 23.9 Å². The summed E-state index contributed by atoms with van der Waals surface area (Å²) in [6, 6.07) is 9.21. The van der Waals surface area contributed by atoms with Crippen LogP contribution < -0.4 is 0 Å². The van der Waals surface area contributed by atoms with Gasteiger partial charge in [0, 0.05) is 30.7 Å². The Balaban J connectivity index is 1.57. The molecule has 2 aromatic carbocycles. The molecule has 0 radical (unpaired) electrons. The molecule has 0 atom stereocenters. The Morgan fingerprint density at radius 1 is 0.600 bits per heavy atom. The fourth-order valence-electron chi connectivity index (χ4n) is 2.37. The minimum Gasteiger partial charge on any atom is -0.463 e. The molecule has 0 heterocycles. The van der Waals surface area contributed by atoms with Crippen LogP contribution in [0, 0.1) is 20.2 Å². The van der Waals surface area contributed by atoms with Crippen LogP contribution in [0.3, 0.4) is 0 Å². The van der Waals surface area contributed by atoms with Crippen LogP contribution in [0.5, 0.6) is 0 Å². The lowest BCUT2D eigenvalue weighted by Crippen LogP contribution is -2.19. The molecule has 0 aromatic heterocycles. The van der Waals surface area contributed by atoms with Gasteiger partial charge in [-0.1, -0.05) is 0 Å². The highest BCUT2D eigenvalue weighted by Gasteiger charge is 2.15. The summed E-state index contributed by atoms with van der Waals surface area (Å²) >= 11 is 0. The maximum atomic E-state index is 11.8. The van der Waals surface area contributed by atoms with Crippen LogP contribution in [0.1, 0.15) is 27.1 Å². The van der Waals surface area contributed by atoms with E-state index in [0.717, 1.165) is 24.3 Å². The van der Waals surface area contributed by atoms with Gasteiger partial charge in [0.1, 0.15) is 0 Å². The number of nitro groups is 2. The number of nitrogens with zero attached hydrogens (tertiary/aromatic N) is 2. The van der Waals surface area contributed by atoms with Gasteiger partial charge in [-0.2, -0.15) is 0 Å². The Morgan fingerprint density at radius 2 is 0.943 bits per heavy atom. The SMILES string of the molecule is O=C(COC(=O)c1ccc([N+](=O)[O-])cc1)OCCCOC(=O)COC(=O)c1ccc([N+](=O)[O-])cc1. The van der Waals surface area contributed by atoms with Crippen LogP contribution >= 0.6 is 0 Å². The Bertz CT molecular complexity index is 1010. The third-order valence-corrected chi connectivity index (χ3v) is 4.08. The summed E-state index contributed by atoms with van der Waals surface area (Å²) in [4.78, 5) is 66.7. The van der Waals surface area contributed by atoms with Gasteiger partial charge in [0.05, 0.1) is 34.2 Å². The first kappa shape index (κ1) is 26.4. The molecule has 0 aliphatic carbocycles. The van der Waals surface area contributed by atoms with Gasteiger partial charge in [-0.15, -0.1) is 0 Å². The molecule has 0 amide bonds. The first-order valence-electron chi connectivity index (χ1n) is 9.82. The summed E-state index contributed by atoms with van der Waals surface area (Å²) in [6.45, 7) is -1.67. The van der Waals surface area contributed by atoms with Crippen molar-refractivity contribution in [3.05, 3.63) is 79.9 Å². The van der Waals surface area contributed by atoms with Crippen molar-refractivity contribution in [3.8, 4) is 0 Å². The summed E-state index contributed by atoms with van der Waals surface area (Å²) in [5.74, 6) is -3.45. The van der Waals surface area contributed by atoms with Crippen molar-refractivity contribution in [2.45, 2.75) is 6.42 Å². The normalized spacial score (nSPS) is 10.1. The van der Waals surface area contributed by atoms with E-state index >= 15 is 0 Å². The zero-order valence-corrected chi connectivity index (χ0v) is 17.9. The summed E-state index contributed by atoms with van der Waals surface area (Å²) in [5, 5.41) is 21.2. The van der Waals surface area contributed by atoms with E-state index in [1.54, 1.807) is 0 Å². The zero-order chi connectivity index (χ0) is 25.8. The van der Waals surface area contributed by atoms with E-state index in [2.05, 4.69) is 0 Å². The molecule has 0 aliphatic heterocycles. The summed E-state index contributed by atoms with van der Waals surface area (Å²) < 4.78 is 19.1. The van der Waals surface area contributed by atoms with E-state index in [-0.39, 0.29) is 42.1 Å². The average molecular weight is 490 g/mol. The lowest BCUT2D eigenvalue weighted by molar-refractivity contribution is -0.385. The van der Waals surface area contributed by atoms with E-state index in [1.807, 2.05) is 0 Å². The lowest BCUT2D eigenvalue weighted by atomic mass is 10.2. The average Bonchev–Trinajstić information content (AvgIpc) is 2.85. The molecule has 0 aliphatic rings. The molecule has 14 heteroatoms. The highest BCUT2D eigenvalue weighted by Crippen LogP contribution is 2.13. The van der Waals surface area contributed by atoms with Crippen molar-refractivity contribution in [3.63, 3.8) is 0 Å². The van der Waals surface area contributed by atoms with E-state index in [9.17, 15) is 39.4 Å². The van der Waals surface area contributed by atoms with Crippen molar-refractivity contribution in [2.75, 3.05) is 26.4 Å². The zero-order valence-electron chi connectivity index (χ0n) is 17.9. The molecule has 0 saturated heterocycles. The number of hydrogen-bond donors (Lipinski definition) is 0. The number of nitro benzene ring substituents is 2. The highest BCUT2D eigenvalue weighted by molar-refractivity contribution is 5.91. The Hall–Kier alpha value is -4.88. The quantitative estimate of drug-likeness (QED) is 0.138. The molecule has 0 bridgehead atoms. The number of benzene rings is 2. The van der Waals surface area contributed by atoms with Gasteiger partial charge in [-0.3, -0.25) is 20.2 Å². The van der Waals surface area contributed by atoms with Crippen molar-refractivity contribution in [1.29, 1.82) is 0 Å². The fraction of sp³-hybridized carbons (Fsp3) is 0.238. The molecule has 2 rings (SSSR count). The maximum Gasteiger partial charge on any atom is 0.344 e. The lowest BCUT2D eigenvalue weighted by Gasteiger charge is -2.08. The second kappa shape index (κ2) is 13.0. The van der Waals surface area contributed by atoms with Crippen LogP contribution in [0.15, 0.2) is 48.5 Å². The third-order valence-electron chi connectivity index (χ3n) is 4.08. The van der Waals surface area contributed by atoms with E-state index < -0.39 is 46.9 Å². The van der Waals surface area contributed by atoms with E-state index in [4.69, 9.17) is 18.9 Å². The first-order chi connectivity index (χ1) is 16.7. The van der Waals surface area contributed by atoms with Crippen molar-refractivity contribution in [2.24, 2.45) is 0 Å². The Labute approximate surface area is 196 Å². The van der Waals surface area contributed by atoms with E-state index in [1.165, 1.54) is 24.3 Å². The molecule has 0 unspecified atom stereocenters.